The van der Waals surface area contributed by atoms with Crippen LogP contribution in [0.5, 0.6) is 0 Å². The van der Waals surface area contributed by atoms with Crippen molar-refractivity contribution in [3.05, 3.63) is 89.4 Å². The maximum absolute atomic E-state index is 12.8. The molecule has 0 unspecified atom stereocenters. The second-order valence-corrected chi connectivity index (χ2v) is 8.27. The third kappa shape index (κ3) is 6.31. The maximum atomic E-state index is 12.8. The van der Waals surface area contributed by atoms with Gasteiger partial charge >= 0.3 is 0 Å². The molecule has 2 N–H and O–H groups in total. The molecule has 32 heavy (non-hydrogen) atoms. The van der Waals surface area contributed by atoms with Crippen LogP contribution in [-0.2, 0) is 24.3 Å². The van der Waals surface area contributed by atoms with E-state index in [9.17, 15) is 9.59 Å². The van der Waals surface area contributed by atoms with E-state index in [4.69, 9.17) is 4.42 Å². The van der Waals surface area contributed by atoms with Crippen LogP contribution in [0.25, 0.3) is 0 Å². The van der Waals surface area contributed by atoms with Crippen molar-refractivity contribution in [1.29, 1.82) is 0 Å². The normalized spacial score (nSPS) is 13.2. The Morgan fingerprint density at radius 2 is 1.81 bits per heavy atom. The molecular formula is C26H29N3O3. The molecule has 6 heteroatoms. The molecule has 1 saturated carbocycles. The van der Waals surface area contributed by atoms with Crippen LogP contribution in [0.3, 0.4) is 0 Å². The number of nitrogens with zero attached hydrogens (tertiary/aromatic N) is 1. The molecule has 1 aliphatic rings. The van der Waals surface area contributed by atoms with Crippen LogP contribution in [0.2, 0.25) is 0 Å². The molecule has 0 radical (unpaired) electrons. The van der Waals surface area contributed by atoms with Gasteiger partial charge < -0.3 is 15.1 Å². The van der Waals surface area contributed by atoms with Crippen molar-refractivity contribution in [2.45, 2.75) is 45.3 Å². The second-order valence-electron chi connectivity index (χ2n) is 8.27. The Labute approximate surface area is 188 Å². The van der Waals surface area contributed by atoms with Gasteiger partial charge in [-0.2, -0.15) is 0 Å². The maximum Gasteiger partial charge on any atom is 0.251 e. The second kappa shape index (κ2) is 10.3. The van der Waals surface area contributed by atoms with Crippen LogP contribution < -0.4 is 10.6 Å². The molecule has 1 fully saturated rings. The lowest BCUT2D eigenvalue weighted by Gasteiger charge is -2.21. The number of anilines is 1. The third-order valence-corrected chi connectivity index (χ3v) is 5.48. The number of hydrogen-bond acceptors (Lipinski definition) is 4. The number of nitrogens with one attached hydrogen (secondary N) is 2. The Balaban J connectivity index is 1.40. The molecule has 1 heterocycles. The molecule has 4 rings (SSSR count). The summed E-state index contributed by atoms with van der Waals surface area (Å²) in [5.41, 5.74) is 3.67. The minimum Gasteiger partial charge on any atom is -0.468 e. The summed E-state index contributed by atoms with van der Waals surface area (Å²) in [7, 11) is 0. The smallest absolute Gasteiger partial charge is 0.251 e. The van der Waals surface area contributed by atoms with Gasteiger partial charge in [-0.3, -0.25) is 14.5 Å². The van der Waals surface area contributed by atoms with Crippen LogP contribution >= 0.6 is 0 Å². The number of carbonyl (C=O) groups is 2. The van der Waals surface area contributed by atoms with E-state index in [2.05, 4.69) is 17.6 Å². The van der Waals surface area contributed by atoms with Gasteiger partial charge in [0.25, 0.3) is 5.91 Å². The molecule has 166 valence electrons. The highest BCUT2D eigenvalue weighted by molar-refractivity contribution is 5.94. The summed E-state index contributed by atoms with van der Waals surface area (Å²) in [6, 6.07) is 19.6. The van der Waals surface area contributed by atoms with Crippen molar-refractivity contribution in [2.24, 2.45) is 0 Å². The lowest BCUT2D eigenvalue weighted by atomic mass is 10.1. The van der Waals surface area contributed by atoms with Crippen molar-refractivity contribution in [3.8, 4) is 0 Å². The lowest BCUT2D eigenvalue weighted by Crippen LogP contribution is -2.32. The fourth-order valence-electron chi connectivity index (χ4n) is 3.58. The van der Waals surface area contributed by atoms with Crippen molar-refractivity contribution < 1.29 is 14.0 Å². The van der Waals surface area contributed by atoms with Gasteiger partial charge in [0.1, 0.15) is 5.76 Å². The van der Waals surface area contributed by atoms with Gasteiger partial charge in [-0.15, -0.1) is 0 Å². The summed E-state index contributed by atoms with van der Waals surface area (Å²) in [4.78, 5) is 27.0. The van der Waals surface area contributed by atoms with Crippen LogP contribution in [0, 0.1) is 0 Å². The lowest BCUT2D eigenvalue weighted by molar-refractivity contribution is -0.117. The molecule has 6 nitrogen and oxygen atoms in total. The first-order valence-electron chi connectivity index (χ1n) is 11.1. The SMILES string of the molecule is CCc1cccc(NC(=O)CN(Cc2ccc(C(=O)NC3CC3)cc2)Cc2ccco2)c1. The zero-order chi connectivity index (χ0) is 22.3. The number of hydrogen-bond donors (Lipinski definition) is 2. The molecular weight excluding hydrogens is 402 g/mol. The number of amides is 2. The summed E-state index contributed by atoms with van der Waals surface area (Å²) >= 11 is 0. The number of rotatable bonds is 10. The molecule has 0 bridgehead atoms. The Kier molecular flexibility index (Phi) is 7.02. The average molecular weight is 432 g/mol. The van der Waals surface area contributed by atoms with E-state index in [1.165, 1.54) is 5.56 Å². The Hall–Kier alpha value is -3.38. The van der Waals surface area contributed by atoms with Gasteiger partial charge in [-0.25, -0.2) is 0 Å². The monoisotopic (exact) mass is 431 g/mol. The zero-order valence-electron chi connectivity index (χ0n) is 18.3. The number of carbonyl (C=O) groups excluding carboxylic acids is 2. The van der Waals surface area contributed by atoms with E-state index >= 15 is 0 Å². The molecule has 2 amide bonds. The molecule has 1 aliphatic carbocycles. The molecule has 1 aromatic heterocycles. The number of benzene rings is 2. The van der Waals surface area contributed by atoms with Crippen LogP contribution in [0.15, 0.2) is 71.3 Å². The van der Waals surface area contributed by atoms with Crippen LogP contribution in [-0.4, -0.2) is 29.3 Å². The van der Waals surface area contributed by atoms with Gasteiger partial charge in [-0.05, 0) is 66.8 Å². The minimum atomic E-state index is -0.0785. The predicted molar refractivity (Wildman–Crippen MR) is 124 cm³/mol. The van der Waals surface area contributed by atoms with Crippen LogP contribution in [0.1, 0.15) is 47.0 Å². The standard InChI is InChI=1S/C26H29N3O3/c1-2-19-5-3-6-23(15-19)27-25(30)18-29(17-24-7-4-14-32-24)16-20-8-10-21(11-9-20)26(31)28-22-12-13-22/h3-11,14-15,22H,2,12-13,16-18H2,1H3,(H,27,30)(H,28,31). The van der Waals surface area contributed by atoms with Crippen molar-refractivity contribution in [1.82, 2.24) is 10.2 Å². The van der Waals surface area contributed by atoms with Crippen molar-refractivity contribution >= 4 is 17.5 Å². The highest BCUT2D eigenvalue weighted by Crippen LogP contribution is 2.20. The highest BCUT2D eigenvalue weighted by Gasteiger charge is 2.23. The fraction of sp³-hybridized carbons (Fsp3) is 0.308. The van der Waals surface area contributed by atoms with Crippen LogP contribution in [0.4, 0.5) is 5.69 Å². The zero-order valence-corrected chi connectivity index (χ0v) is 18.3. The van der Waals surface area contributed by atoms with E-state index in [1.807, 2.05) is 65.6 Å². The van der Waals surface area contributed by atoms with E-state index in [1.54, 1.807) is 6.26 Å². The van der Waals surface area contributed by atoms with Gasteiger partial charge in [0.2, 0.25) is 5.91 Å². The summed E-state index contributed by atoms with van der Waals surface area (Å²) in [5, 5.41) is 6.00. The predicted octanol–water partition coefficient (Wildman–Crippen LogP) is 4.38. The summed E-state index contributed by atoms with van der Waals surface area (Å²) < 4.78 is 5.50. The van der Waals surface area contributed by atoms with Crippen molar-refractivity contribution in [3.63, 3.8) is 0 Å². The van der Waals surface area contributed by atoms with E-state index < -0.39 is 0 Å². The topological polar surface area (TPSA) is 74.6 Å². The summed E-state index contributed by atoms with van der Waals surface area (Å²) in [6.45, 7) is 3.39. The van der Waals surface area contributed by atoms with E-state index in [0.29, 0.717) is 24.7 Å². The first-order valence-corrected chi connectivity index (χ1v) is 11.1. The summed E-state index contributed by atoms with van der Waals surface area (Å²) in [5.74, 6) is 0.691. The highest BCUT2D eigenvalue weighted by atomic mass is 16.3. The quantitative estimate of drug-likeness (QED) is 0.500. The molecule has 3 aromatic rings. The van der Waals surface area contributed by atoms with Gasteiger partial charge in [0.05, 0.1) is 19.4 Å². The third-order valence-electron chi connectivity index (χ3n) is 5.48. The molecule has 0 spiro atoms. The molecule has 0 saturated heterocycles. The first kappa shape index (κ1) is 21.8. The molecule has 0 aliphatic heterocycles. The van der Waals surface area contributed by atoms with Gasteiger partial charge in [0.15, 0.2) is 0 Å². The summed E-state index contributed by atoms with van der Waals surface area (Å²) in [6.07, 6.45) is 4.69. The largest absolute Gasteiger partial charge is 0.468 e. The average Bonchev–Trinajstić information content (AvgIpc) is 3.46. The number of furan rings is 1. The first-order chi connectivity index (χ1) is 15.6. The fourth-order valence-corrected chi connectivity index (χ4v) is 3.58. The van der Waals surface area contributed by atoms with E-state index in [-0.39, 0.29) is 18.4 Å². The Bertz CT molecular complexity index is 1040. The Morgan fingerprint density at radius 3 is 2.50 bits per heavy atom. The minimum absolute atomic E-state index is 0.0276. The van der Waals surface area contributed by atoms with E-state index in [0.717, 1.165) is 36.3 Å². The van der Waals surface area contributed by atoms with Gasteiger partial charge in [0, 0.05) is 23.8 Å². The van der Waals surface area contributed by atoms with Gasteiger partial charge in [-0.1, -0.05) is 31.2 Å². The number of aryl methyl sites for hydroxylation is 1. The van der Waals surface area contributed by atoms with Crippen molar-refractivity contribution in [2.75, 3.05) is 11.9 Å². The molecule has 2 aromatic carbocycles. The molecule has 0 atom stereocenters. The Morgan fingerprint density at radius 1 is 1.00 bits per heavy atom.